The minimum Gasteiger partial charge on any atom is -0.289 e. The highest BCUT2D eigenvalue weighted by molar-refractivity contribution is 9.10. The van der Waals surface area contributed by atoms with Crippen molar-refractivity contribution in [2.45, 2.75) is 32.6 Å². The molecule has 0 heterocycles. The lowest BCUT2D eigenvalue weighted by Gasteiger charge is -2.03. The van der Waals surface area contributed by atoms with Crippen molar-refractivity contribution in [2.24, 2.45) is 0 Å². The second kappa shape index (κ2) is 10.0. The van der Waals surface area contributed by atoms with Gasteiger partial charge in [0, 0.05) is 10.0 Å². The van der Waals surface area contributed by atoms with Crippen LogP contribution in [0.3, 0.4) is 0 Å². The van der Waals surface area contributed by atoms with E-state index in [1.807, 2.05) is 48.5 Å². The van der Waals surface area contributed by atoms with Crippen molar-refractivity contribution in [3.8, 4) is 0 Å². The fourth-order valence-corrected chi connectivity index (χ4v) is 2.70. The molecule has 124 valence electrons. The first-order valence-corrected chi connectivity index (χ1v) is 9.22. The van der Waals surface area contributed by atoms with Crippen molar-refractivity contribution in [1.82, 2.24) is 0 Å². The lowest BCUT2D eigenvalue weighted by molar-refractivity contribution is 0.104. The van der Waals surface area contributed by atoms with Crippen molar-refractivity contribution in [3.05, 3.63) is 87.9 Å². The van der Waals surface area contributed by atoms with Crippen LogP contribution in [0.15, 0.2) is 76.8 Å². The number of unbranched alkanes of at least 4 members (excludes halogenated alkanes) is 2. The van der Waals surface area contributed by atoms with E-state index in [2.05, 4.69) is 41.1 Å². The van der Waals surface area contributed by atoms with E-state index in [9.17, 15) is 4.79 Å². The Morgan fingerprint density at radius 2 is 1.67 bits per heavy atom. The van der Waals surface area contributed by atoms with E-state index in [-0.39, 0.29) is 5.78 Å². The quantitative estimate of drug-likeness (QED) is 0.211. The summed E-state index contributed by atoms with van der Waals surface area (Å²) < 4.78 is 0.979. The molecule has 0 N–H and O–H groups in total. The molecule has 1 nitrogen and oxygen atoms in total. The molecule has 0 aromatic heterocycles. The van der Waals surface area contributed by atoms with E-state index in [0.717, 1.165) is 17.3 Å². The monoisotopic (exact) mass is 382 g/mol. The maximum atomic E-state index is 12.3. The summed E-state index contributed by atoms with van der Waals surface area (Å²) in [4.78, 5) is 12.3. The number of hydrogen-bond donors (Lipinski definition) is 0. The van der Waals surface area contributed by atoms with Gasteiger partial charge < -0.3 is 0 Å². The Morgan fingerprint density at radius 3 is 2.33 bits per heavy atom. The summed E-state index contributed by atoms with van der Waals surface area (Å²) in [5, 5.41) is 0. The van der Waals surface area contributed by atoms with Gasteiger partial charge in [0.05, 0.1) is 0 Å². The van der Waals surface area contributed by atoms with Gasteiger partial charge in [-0.15, -0.1) is 0 Å². The summed E-state index contributed by atoms with van der Waals surface area (Å²) in [6.45, 7) is 2.20. The highest BCUT2D eigenvalue weighted by Gasteiger charge is 2.02. The third kappa shape index (κ3) is 6.29. The number of hydrogen-bond acceptors (Lipinski definition) is 1. The lowest BCUT2D eigenvalue weighted by atomic mass is 10.0. The van der Waals surface area contributed by atoms with Crippen LogP contribution in [0.1, 0.15) is 48.5 Å². The molecular formula is C22H23BrO. The van der Waals surface area contributed by atoms with Crippen LogP contribution < -0.4 is 0 Å². The van der Waals surface area contributed by atoms with Gasteiger partial charge in [-0.1, -0.05) is 78.2 Å². The molecule has 2 aromatic rings. The summed E-state index contributed by atoms with van der Waals surface area (Å²) in [6.07, 6.45) is 10.4. The Hall–Kier alpha value is -1.93. The number of carbonyl (C=O) groups excluding carboxylic acids is 1. The Morgan fingerprint density at radius 1 is 0.958 bits per heavy atom. The second-order valence-electron chi connectivity index (χ2n) is 5.79. The molecule has 0 aliphatic carbocycles. The number of benzene rings is 2. The first kappa shape index (κ1) is 18.4. The van der Waals surface area contributed by atoms with Crippen LogP contribution in [-0.2, 0) is 0 Å². The molecule has 2 rings (SSSR count). The van der Waals surface area contributed by atoms with Gasteiger partial charge in [-0.2, -0.15) is 0 Å². The van der Waals surface area contributed by atoms with Crippen LogP contribution in [0.25, 0.3) is 6.08 Å². The molecule has 0 amide bonds. The first-order valence-electron chi connectivity index (χ1n) is 8.42. The Bertz CT molecular complexity index is 697. The lowest BCUT2D eigenvalue weighted by Crippen LogP contribution is -1.94. The molecule has 0 fully saturated rings. The SMILES string of the molecule is CCCCCC(=C/c1ccccc1)/C=C/C(=O)c1ccc(Br)cc1. The molecular weight excluding hydrogens is 360 g/mol. The Kier molecular flexibility index (Phi) is 7.70. The average molecular weight is 383 g/mol. The fourth-order valence-electron chi connectivity index (χ4n) is 2.44. The highest BCUT2D eigenvalue weighted by atomic mass is 79.9. The zero-order chi connectivity index (χ0) is 17.2. The van der Waals surface area contributed by atoms with E-state index in [4.69, 9.17) is 0 Å². The van der Waals surface area contributed by atoms with E-state index in [0.29, 0.717) is 5.56 Å². The maximum Gasteiger partial charge on any atom is 0.185 e. The zero-order valence-corrected chi connectivity index (χ0v) is 15.6. The van der Waals surface area contributed by atoms with Gasteiger partial charge >= 0.3 is 0 Å². The fraction of sp³-hybridized carbons (Fsp3) is 0.227. The summed E-state index contributed by atoms with van der Waals surface area (Å²) >= 11 is 3.39. The van der Waals surface area contributed by atoms with Crippen LogP contribution in [0, 0.1) is 0 Å². The summed E-state index contributed by atoms with van der Waals surface area (Å²) in [5.74, 6) is 0.0388. The first-order chi connectivity index (χ1) is 11.7. The zero-order valence-electron chi connectivity index (χ0n) is 14.0. The molecule has 2 heteroatoms. The van der Waals surface area contributed by atoms with Gasteiger partial charge in [0.2, 0.25) is 0 Å². The summed E-state index contributed by atoms with van der Waals surface area (Å²) in [7, 11) is 0. The maximum absolute atomic E-state index is 12.3. The number of ketones is 1. The van der Waals surface area contributed by atoms with E-state index in [1.165, 1.54) is 24.0 Å². The molecule has 0 atom stereocenters. The minimum atomic E-state index is 0.0388. The molecule has 0 bridgehead atoms. The van der Waals surface area contributed by atoms with Crippen LogP contribution in [0.2, 0.25) is 0 Å². The molecule has 0 aliphatic heterocycles. The van der Waals surface area contributed by atoms with Gasteiger partial charge in [-0.05, 0) is 54.3 Å². The summed E-state index contributed by atoms with van der Waals surface area (Å²) in [5.41, 5.74) is 3.08. The molecule has 2 aromatic carbocycles. The van der Waals surface area contributed by atoms with Crippen molar-refractivity contribution in [3.63, 3.8) is 0 Å². The number of rotatable bonds is 8. The number of carbonyl (C=O) groups is 1. The smallest absolute Gasteiger partial charge is 0.185 e. The molecule has 0 unspecified atom stereocenters. The molecule has 0 aliphatic rings. The predicted octanol–water partition coefficient (Wildman–Crippen LogP) is 6.85. The minimum absolute atomic E-state index is 0.0388. The van der Waals surface area contributed by atoms with Crippen molar-refractivity contribution in [1.29, 1.82) is 0 Å². The second-order valence-corrected chi connectivity index (χ2v) is 6.71. The van der Waals surface area contributed by atoms with E-state index >= 15 is 0 Å². The van der Waals surface area contributed by atoms with Crippen molar-refractivity contribution in [2.75, 3.05) is 0 Å². The van der Waals surface area contributed by atoms with Gasteiger partial charge in [0.15, 0.2) is 5.78 Å². The molecule has 0 saturated heterocycles. The van der Waals surface area contributed by atoms with Crippen molar-refractivity contribution >= 4 is 27.8 Å². The topological polar surface area (TPSA) is 17.1 Å². The Balaban J connectivity index is 2.13. The van der Waals surface area contributed by atoms with E-state index < -0.39 is 0 Å². The van der Waals surface area contributed by atoms with Gasteiger partial charge in [0.25, 0.3) is 0 Å². The predicted molar refractivity (Wildman–Crippen MR) is 106 cm³/mol. The summed E-state index contributed by atoms with van der Waals surface area (Å²) in [6, 6.07) is 17.7. The number of allylic oxidation sites excluding steroid dienone is 3. The molecule has 24 heavy (non-hydrogen) atoms. The highest BCUT2D eigenvalue weighted by Crippen LogP contribution is 2.16. The van der Waals surface area contributed by atoms with Gasteiger partial charge in [0.1, 0.15) is 0 Å². The van der Waals surface area contributed by atoms with Gasteiger partial charge in [-0.25, -0.2) is 0 Å². The largest absolute Gasteiger partial charge is 0.289 e. The third-order valence-corrected chi connectivity index (χ3v) is 4.33. The molecule has 0 spiro atoms. The molecule has 0 radical (unpaired) electrons. The van der Waals surface area contributed by atoms with Crippen molar-refractivity contribution < 1.29 is 4.79 Å². The van der Waals surface area contributed by atoms with Gasteiger partial charge in [-0.3, -0.25) is 4.79 Å². The van der Waals surface area contributed by atoms with E-state index in [1.54, 1.807) is 6.08 Å². The molecule has 0 saturated carbocycles. The third-order valence-electron chi connectivity index (χ3n) is 3.80. The van der Waals surface area contributed by atoms with Crippen LogP contribution in [-0.4, -0.2) is 5.78 Å². The van der Waals surface area contributed by atoms with Crippen LogP contribution in [0.4, 0.5) is 0 Å². The van der Waals surface area contributed by atoms with Crippen LogP contribution in [0.5, 0.6) is 0 Å². The average Bonchev–Trinajstić information content (AvgIpc) is 2.61. The standard InChI is InChI=1S/C22H23BrO/c1-2-3-5-8-19(17-18-9-6-4-7-10-18)11-16-22(24)20-12-14-21(23)15-13-20/h4,6-7,9-17H,2-3,5,8H2,1H3/b16-11+,19-17-. The number of halogens is 1. The normalized spacial score (nSPS) is 11.8. The Labute approximate surface area is 153 Å². The van der Waals surface area contributed by atoms with Crippen LogP contribution >= 0.6 is 15.9 Å².